The lowest BCUT2D eigenvalue weighted by molar-refractivity contribution is 0.196. The van der Waals surface area contributed by atoms with Crippen LogP contribution in [-0.2, 0) is 13.1 Å². The van der Waals surface area contributed by atoms with E-state index in [9.17, 15) is 0 Å². The molecule has 1 aromatic heterocycles. The highest BCUT2D eigenvalue weighted by atomic mass is 16.5. The Balaban J connectivity index is 1.61. The summed E-state index contributed by atoms with van der Waals surface area (Å²) in [7, 11) is 1.76. The maximum atomic E-state index is 5.51. The topological polar surface area (TPSA) is 43.2 Å². The van der Waals surface area contributed by atoms with Gasteiger partial charge in [-0.05, 0) is 50.4 Å². The molecule has 1 fully saturated rings. The molecule has 1 aromatic carbocycles. The van der Waals surface area contributed by atoms with Crippen LogP contribution in [0.3, 0.4) is 0 Å². The van der Waals surface area contributed by atoms with Crippen molar-refractivity contribution >= 4 is 0 Å². The number of likely N-dealkylation sites (tertiary alicyclic amines) is 1. The van der Waals surface area contributed by atoms with Gasteiger partial charge in [0.25, 0.3) is 0 Å². The molecular weight excluding hydrogens is 276 g/mol. The number of aryl methyl sites for hydroxylation is 1. The van der Waals surface area contributed by atoms with Gasteiger partial charge in [0, 0.05) is 6.54 Å². The second kappa shape index (κ2) is 6.92. The molecule has 2 heterocycles. The fraction of sp³-hybridized carbons (Fsp3) is 0.529. The van der Waals surface area contributed by atoms with E-state index in [1.165, 1.54) is 18.4 Å². The van der Waals surface area contributed by atoms with Gasteiger partial charge in [-0.25, -0.2) is 9.67 Å². The summed E-state index contributed by atoms with van der Waals surface area (Å²) in [5.41, 5.74) is 1.35. The van der Waals surface area contributed by atoms with Crippen LogP contribution in [0, 0.1) is 0 Å². The maximum Gasteiger partial charge on any atom is 0.140 e. The number of ether oxygens (including phenoxy) is 1. The third-order valence-electron chi connectivity index (χ3n) is 4.53. The number of hydrogen-bond acceptors (Lipinski definition) is 4. The van der Waals surface area contributed by atoms with Crippen molar-refractivity contribution in [3.05, 3.63) is 42.0 Å². The van der Waals surface area contributed by atoms with Crippen molar-refractivity contribution in [3.63, 3.8) is 0 Å². The maximum absolute atomic E-state index is 5.51. The highest BCUT2D eigenvalue weighted by Crippen LogP contribution is 2.34. The first-order chi connectivity index (χ1) is 10.8. The summed E-state index contributed by atoms with van der Waals surface area (Å²) in [5.74, 6) is 2.68. The van der Waals surface area contributed by atoms with Crippen molar-refractivity contribution in [3.8, 4) is 5.75 Å². The highest BCUT2D eigenvalue weighted by Gasteiger charge is 2.23. The van der Waals surface area contributed by atoms with Gasteiger partial charge in [-0.15, -0.1) is 0 Å². The van der Waals surface area contributed by atoms with E-state index in [1.807, 2.05) is 10.7 Å². The van der Waals surface area contributed by atoms with Gasteiger partial charge in [-0.3, -0.25) is 4.90 Å². The van der Waals surface area contributed by atoms with E-state index in [0.29, 0.717) is 5.92 Å². The molecule has 0 radical (unpaired) electrons. The van der Waals surface area contributed by atoms with Gasteiger partial charge in [-0.1, -0.05) is 18.2 Å². The summed E-state index contributed by atoms with van der Waals surface area (Å²) in [5, 5.41) is 4.25. The van der Waals surface area contributed by atoms with E-state index in [0.717, 1.165) is 37.8 Å². The molecule has 0 amide bonds. The number of nitrogens with zero attached hydrogens (tertiary/aromatic N) is 4. The number of aromatic nitrogens is 3. The van der Waals surface area contributed by atoms with Gasteiger partial charge in [0.15, 0.2) is 0 Å². The van der Waals surface area contributed by atoms with Crippen molar-refractivity contribution in [1.82, 2.24) is 19.7 Å². The van der Waals surface area contributed by atoms with Gasteiger partial charge in [0.2, 0.25) is 0 Å². The lowest BCUT2D eigenvalue weighted by Crippen LogP contribution is -2.33. The Hall–Kier alpha value is -1.88. The molecular formula is C17H24N4O. The average molecular weight is 300 g/mol. The minimum Gasteiger partial charge on any atom is -0.496 e. The zero-order valence-corrected chi connectivity index (χ0v) is 13.4. The molecule has 3 rings (SSSR count). The molecule has 2 aromatic rings. The standard InChI is InChI=1S/C17H24N4O/c1-3-21-17(18-13-19-21)12-20-10-8-14(9-11-20)15-6-4-5-7-16(15)22-2/h4-7,13-14H,3,8-12H2,1-2H3. The number of rotatable bonds is 5. The molecule has 0 N–H and O–H groups in total. The summed E-state index contributed by atoms with van der Waals surface area (Å²) < 4.78 is 7.48. The molecule has 0 bridgehead atoms. The van der Waals surface area contributed by atoms with Crippen molar-refractivity contribution in [2.75, 3.05) is 20.2 Å². The van der Waals surface area contributed by atoms with Gasteiger partial charge >= 0.3 is 0 Å². The first-order valence-corrected chi connectivity index (χ1v) is 8.03. The third-order valence-corrected chi connectivity index (χ3v) is 4.53. The molecule has 0 aliphatic carbocycles. The Morgan fingerprint density at radius 2 is 2.00 bits per heavy atom. The summed E-state index contributed by atoms with van der Waals surface area (Å²) in [6.07, 6.45) is 3.99. The Labute approximate surface area is 131 Å². The van der Waals surface area contributed by atoms with E-state index >= 15 is 0 Å². The number of para-hydroxylation sites is 1. The van der Waals surface area contributed by atoms with E-state index in [1.54, 1.807) is 13.4 Å². The van der Waals surface area contributed by atoms with Crippen molar-refractivity contribution < 1.29 is 4.74 Å². The van der Waals surface area contributed by atoms with Crippen LogP contribution in [0.5, 0.6) is 5.75 Å². The monoisotopic (exact) mass is 300 g/mol. The molecule has 1 aliphatic heterocycles. The van der Waals surface area contributed by atoms with Crippen LogP contribution in [0.25, 0.3) is 0 Å². The third kappa shape index (κ3) is 3.14. The average Bonchev–Trinajstić information content (AvgIpc) is 3.02. The Bertz CT molecular complexity index is 602. The van der Waals surface area contributed by atoms with Crippen LogP contribution in [0.2, 0.25) is 0 Å². The van der Waals surface area contributed by atoms with Crippen LogP contribution in [-0.4, -0.2) is 39.9 Å². The van der Waals surface area contributed by atoms with E-state index in [4.69, 9.17) is 4.74 Å². The smallest absolute Gasteiger partial charge is 0.140 e. The van der Waals surface area contributed by atoms with Crippen LogP contribution < -0.4 is 4.74 Å². The second-order valence-electron chi connectivity index (χ2n) is 5.78. The van der Waals surface area contributed by atoms with Crippen molar-refractivity contribution in [2.24, 2.45) is 0 Å². The van der Waals surface area contributed by atoms with Gasteiger partial charge in [0.1, 0.15) is 17.9 Å². The highest BCUT2D eigenvalue weighted by molar-refractivity contribution is 5.36. The van der Waals surface area contributed by atoms with E-state index < -0.39 is 0 Å². The molecule has 1 saturated heterocycles. The number of methoxy groups -OCH3 is 1. The number of hydrogen-bond donors (Lipinski definition) is 0. The zero-order chi connectivity index (χ0) is 15.4. The first kappa shape index (κ1) is 15.0. The molecule has 5 nitrogen and oxygen atoms in total. The largest absolute Gasteiger partial charge is 0.496 e. The zero-order valence-electron chi connectivity index (χ0n) is 13.4. The minimum atomic E-state index is 0.594. The molecule has 5 heteroatoms. The molecule has 1 aliphatic rings. The number of piperidine rings is 1. The Kier molecular flexibility index (Phi) is 4.73. The molecule has 0 saturated carbocycles. The minimum absolute atomic E-state index is 0.594. The lowest BCUT2D eigenvalue weighted by atomic mass is 9.89. The van der Waals surface area contributed by atoms with E-state index in [-0.39, 0.29) is 0 Å². The lowest BCUT2D eigenvalue weighted by Gasteiger charge is -2.32. The van der Waals surface area contributed by atoms with Crippen LogP contribution >= 0.6 is 0 Å². The van der Waals surface area contributed by atoms with Gasteiger partial charge in [-0.2, -0.15) is 5.10 Å². The predicted octanol–water partition coefficient (Wildman–Crippen LogP) is 2.69. The van der Waals surface area contributed by atoms with Crippen LogP contribution in [0.1, 0.15) is 37.1 Å². The second-order valence-corrected chi connectivity index (χ2v) is 5.78. The number of benzene rings is 1. The first-order valence-electron chi connectivity index (χ1n) is 8.03. The summed E-state index contributed by atoms with van der Waals surface area (Å²) in [6, 6.07) is 8.40. The van der Waals surface area contributed by atoms with Gasteiger partial charge in [0.05, 0.1) is 13.7 Å². The van der Waals surface area contributed by atoms with Crippen molar-refractivity contribution in [1.29, 1.82) is 0 Å². The quantitative estimate of drug-likeness (QED) is 0.851. The SMILES string of the molecule is CCn1ncnc1CN1CCC(c2ccccc2OC)CC1. The van der Waals surface area contributed by atoms with Crippen LogP contribution in [0.15, 0.2) is 30.6 Å². The van der Waals surface area contributed by atoms with Crippen molar-refractivity contribution in [2.45, 2.75) is 38.8 Å². The Morgan fingerprint density at radius 1 is 1.23 bits per heavy atom. The predicted molar refractivity (Wildman–Crippen MR) is 85.9 cm³/mol. The molecule has 0 atom stereocenters. The Morgan fingerprint density at radius 3 is 2.73 bits per heavy atom. The summed E-state index contributed by atoms with van der Waals surface area (Å²) in [4.78, 5) is 6.85. The molecule has 118 valence electrons. The molecule has 0 unspecified atom stereocenters. The molecule has 22 heavy (non-hydrogen) atoms. The fourth-order valence-corrected chi connectivity index (χ4v) is 3.28. The summed E-state index contributed by atoms with van der Waals surface area (Å²) in [6.45, 7) is 6.07. The van der Waals surface area contributed by atoms with Crippen LogP contribution in [0.4, 0.5) is 0 Å². The van der Waals surface area contributed by atoms with E-state index in [2.05, 4.69) is 40.1 Å². The van der Waals surface area contributed by atoms with Gasteiger partial charge < -0.3 is 4.74 Å². The molecule has 0 spiro atoms. The normalized spacial score (nSPS) is 16.8. The fourth-order valence-electron chi connectivity index (χ4n) is 3.28. The summed E-state index contributed by atoms with van der Waals surface area (Å²) >= 11 is 0.